The van der Waals surface area contributed by atoms with Gasteiger partial charge in [0.2, 0.25) is 0 Å². The van der Waals surface area contributed by atoms with E-state index in [1.54, 1.807) is 0 Å². The topological polar surface area (TPSA) is 34.1 Å². The lowest BCUT2D eigenvalue weighted by Crippen LogP contribution is -2.23. The molecule has 4 heteroatoms. The molecule has 36 heavy (non-hydrogen) atoms. The fraction of sp³-hybridized carbons (Fsp3) is 0.625. The first-order valence-corrected chi connectivity index (χ1v) is 18.7. The SMILES string of the molecule is O=P(c1ccc(-c2ccc(P(=O)(C3CCCC3)C3CCCC3)cc2)cc1)(C1CCCC1)C1CCCC1. The summed E-state index contributed by atoms with van der Waals surface area (Å²) >= 11 is 0. The lowest BCUT2D eigenvalue weighted by Gasteiger charge is -2.31. The zero-order chi connectivity index (χ0) is 24.6. The van der Waals surface area contributed by atoms with Gasteiger partial charge in [-0.2, -0.15) is 0 Å². The third-order valence-corrected chi connectivity index (χ3v) is 19.0. The third kappa shape index (κ3) is 4.43. The molecule has 0 spiro atoms. The smallest absolute Gasteiger partial charge is 0.121 e. The Bertz CT molecular complexity index is 980. The standard InChI is InChI=1S/C32H44O2P2/c33-35(27-9-1-2-10-27,28-11-3-4-12-28)31-21-17-25(18-22-31)26-19-23-32(24-20-26)36(34,29-13-5-6-14-29)30-15-7-8-16-30/h17-24,27-30H,1-16H2. The Labute approximate surface area is 218 Å². The summed E-state index contributed by atoms with van der Waals surface area (Å²) in [6, 6.07) is 17.6. The largest absolute Gasteiger partial charge is 0.318 e. The zero-order valence-corrected chi connectivity index (χ0v) is 23.7. The van der Waals surface area contributed by atoms with Gasteiger partial charge in [-0.3, -0.25) is 0 Å². The Kier molecular flexibility index (Phi) is 7.40. The lowest BCUT2D eigenvalue weighted by atomic mass is 10.1. The maximum atomic E-state index is 14.6. The normalized spacial score (nSPS) is 23.2. The van der Waals surface area contributed by atoms with Crippen LogP contribution in [-0.4, -0.2) is 22.6 Å². The van der Waals surface area contributed by atoms with Crippen molar-refractivity contribution < 1.29 is 9.13 Å². The van der Waals surface area contributed by atoms with Gasteiger partial charge < -0.3 is 9.13 Å². The van der Waals surface area contributed by atoms with E-state index in [2.05, 4.69) is 48.5 Å². The molecule has 6 rings (SSSR count). The van der Waals surface area contributed by atoms with Crippen LogP contribution in [-0.2, 0) is 9.13 Å². The molecule has 2 aromatic rings. The summed E-state index contributed by atoms with van der Waals surface area (Å²) in [5, 5.41) is 2.27. The van der Waals surface area contributed by atoms with Crippen molar-refractivity contribution in [1.82, 2.24) is 0 Å². The highest BCUT2D eigenvalue weighted by Crippen LogP contribution is 2.64. The minimum atomic E-state index is -2.37. The molecule has 0 unspecified atom stereocenters. The summed E-state index contributed by atoms with van der Waals surface area (Å²) in [4.78, 5) is 0. The van der Waals surface area contributed by atoms with Crippen LogP contribution in [0.1, 0.15) is 103 Å². The quantitative estimate of drug-likeness (QED) is 0.340. The Morgan fingerprint density at radius 1 is 0.389 bits per heavy atom. The van der Waals surface area contributed by atoms with Gasteiger partial charge in [0, 0.05) is 33.2 Å². The molecule has 4 saturated carbocycles. The van der Waals surface area contributed by atoms with Crippen LogP contribution in [0.25, 0.3) is 11.1 Å². The van der Waals surface area contributed by atoms with Crippen LogP contribution < -0.4 is 10.6 Å². The first kappa shape index (κ1) is 25.2. The molecule has 4 fully saturated rings. The fourth-order valence-electron chi connectivity index (χ4n) is 8.36. The van der Waals surface area contributed by atoms with Crippen molar-refractivity contribution >= 4 is 24.9 Å². The Hall–Kier alpha value is -1.10. The molecule has 2 aromatic carbocycles. The average molecular weight is 523 g/mol. The molecule has 0 aliphatic heterocycles. The van der Waals surface area contributed by atoms with E-state index in [0.29, 0.717) is 22.6 Å². The maximum Gasteiger partial charge on any atom is 0.121 e. The van der Waals surface area contributed by atoms with Gasteiger partial charge in [0.1, 0.15) is 14.3 Å². The first-order chi connectivity index (χ1) is 17.6. The van der Waals surface area contributed by atoms with Crippen LogP contribution >= 0.6 is 14.3 Å². The van der Waals surface area contributed by atoms with E-state index >= 15 is 0 Å². The molecule has 0 bridgehead atoms. The third-order valence-electron chi connectivity index (χ3n) is 10.3. The second-order valence-electron chi connectivity index (χ2n) is 12.3. The molecule has 4 aliphatic rings. The van der Waals surface area contributed by atoms with Gasteiger partial charge in [0.25, 0.3) is 0 Å². The van der Waals surface area contributed by atoms with Crippen molar-refractivity contribution in [2.75, 3.05) is 0 Å². The van der Waals surface area contributed by atoms with Gasteiger partial charge in [-0.05, 0) is 62.5 Å². The summed E-state index contributed by atoms with van der Waals surface area (Å²) < 4.78 is 29.3. The minimum Gasteiger partial charge on any atom is -0.318 e. The maximum absolute atomic E-state index is 14.6. The second-order valence-corrected chi connectivity index (χ2v) is 19.1. The van der Waals surface area contributed by atoms with E-state index < -0.39 is 14.3 Å². The molecule has 0 heterocycles. The lowest BCUT2D eigenvalue weighted by molar-refractivity contribution is 0.557. The fourth-order valence-corrected chi connectivity index (χ4v) is 17.0. The number of rotatable bonds is 7. The van der Waals surface area contributed by atoms with Crippen molar-refractivity contribution in [2.45, 2.75) is 125 Å². The van der Waals surface area contributed by atoms with Crippen LogP contribution in [0.3, 0.4) is 0 Å². The summed E-state index contributed by atoms with van der Waals surface area (Å²) in [7, 11) is -4.74. The average Bonchev–Trinajstić information content (AvgIpc) is 3.76. The van der Waals surface area contributed by atoms with Crippen LogP contribution in [0.5, 0.6) is 0 Å². The molecule has 0 amide bonds. The molecule has 0 N–H and O–H groups in total. The Balaban J connectivity index is 1.27. The molecule has 2 nitrogen and oxygen atoms in total. The Morgan fingerprint density at radius 2 is 0.611 bits per heavy atom. The number of hydrogen-bond donors (Lipinski definition) is 0. The van der Waals surface area contributed by atoms with Crippen LogP contribution in [0.4, 0.5) is 0 Å². The monoisotopic (exact) mass is 522 g/mol. The van der Waals surface area contributed by atoms with Gasteiger partial charge in [0.15, 0.2) is 0 Å². The van der Waals surface area contributed by atoms with Crippen molar-refractivity contribution in [1.29, 1.82) is 0 Å². The van der Waals surface area contributed by atoms with Gasteiger partial charge in [-0.25, -0.2) is 0 Å². The zero-order valence-electron chi connectivity index (χ0n) is 22.0. The van der Waals surface area contributed by atoms with Gasteiger partial charge in [-0.1, -0.05) is 99.9 Å². The number of benzene rings is 2. The molecular weight excluding hydrogens is 478 g/mol. The van der Waals surface area contributed by atoms with Gasteiger partial charge in [0.05, 0.1) is 0 Å². The van der Waals surface area contributed by atoms with Crippen molar-refractivity contribution in [3.8, 4) is 11.1 Å². The highest BCUT2D eigenvalue weighted by molar-refractivity contribution is 7.73. The van der Waals surface area contributed by atoms with Crippen LogP contribution in [0.2, 0.25) is 0 Å². The summed E-state index contributed by atoms with van der Waals surface area (Å²) in [6.45, 7) is 0. The van der Waals surface area contributed by atoms with E-state index in [0.717, 1.165) is 62.0 Å². The van der Waals surface area contributed by atoms with E-state index in [1.807, 2.05) is 0 Å². The Morgan fingerprint density at radius 3 is 0.833 bits per heavy atom. The summed E-state index contributed by atoms with van der Waals surface area (Å²) in [6.07, 6.45) is 19.2. The molecule has 194 valence electrons. The van der Waals surface area contributed by atoms with E-state index in [1.165, 1.54) is 62.5 Å². The van der Waals surface area contributed by atoms with Gasteiger partial charge >= 0.3 is 0 Å². The minimum absolute atomic E-state index is 0.408. The molecular formula is C32H44O2P2. The second kappa shape index (κ2) is 10.6. The van der Waals surface area contributed by atoms with Crippen LogP contribution in [0, 0.1) is 0 Å². The van der Waals surface area contributed by atoms with Crippen molar-refractivity contribution in [3.63, 3.8) is 0 Å². The first-order valence-electron chi connectivity index (χ1n) is 15.0. The van der Waals surface area contributed by atoms with Crippen molar-refractivity contribution in [3.05, 3.63) is 48.5 Å². The van der Waals surface area contributed by atoms with E-state index in [4.69, 9.17) is 0 Å². The molecule has 0 aromatic heterocycles. The molecule has 0 atom stereocenters. The van der Waals surface area contributed by atoms with Crippen LogP contribution in [0.15, 0.2) is 48.5 Å². The molecule has 4 aliphatic carbocycles. The molecule has 0 saturated heterocycles. The number of hydrogen-bond acceptors (Lipinski definition) is 2. The highest BCUT2D eigenvalue weighted by Gasteiger charge is 2.45. The van der Waals surface area contributed by atoms with E-state index in [9.17, 15) is 9.13 Å². The summed E-state index contributed by atoms with van der Waals surface area (Å²) in [5.74, 6) is 0. The van der Waals surface area contributed by atoms with Crippen molar-refractivity contribution in [2.24, 2.45) is 0 Å². The van der Waals surface area contributed by atoms with Gasteiger partial charge in [-0.15, -0.1) is 0 Å². The summed E-state index contributed by atoms with van der Waals surface area (Å²) in [5.41, 5.74) is 4.01. The predicted molar refractivity (Wildman–Crippen MR) is 155 cm³/mol. The molecule has 0 radical (unpaired) electrons. The highest BCUT2D eigenvalue weighted by atomic mass is 31.2. The van der Waals surface area contributed by atoms with E-state index in [-0.39, 0.29) is 0 Å². The predicted octanol–water partition coefficient (Wildman–Crippen LogP) is 9.10.